The van der Waals surface area contributed by atoms with E-state index in [0.717, 1.165) is 25.7 Å². The van der Waals surface area contributed by atoms with Gasteiger partial charge in [0.1, 0.15) is 5.78 Å². The maximum absolute atomic E-state index is 10.8. The van der Waals surface area contributed by atoms with Gasteiger partial charge in [0.25, 0.3) is 0 Å². The van der Waals surface area contributed by atoms with E-state index in [2.05, 4.69) is 0 Å². The molecule has 1 unspecified atom stereocenters. The van der Waals surface area contributed by atoms with Crippen LogP contribution in [0.2, 0.25) is 0 Å². The van der Waals surface area contributed by atoms with Gasteiger partial charge in [-0.25, -0.2) is 0 Å². The number of rotatable bonds is 3. The van der Waals surface area contributed by atoms with E-state index in [-0.39, 0.29) is 0 Å². The lowest BCUT2D eigenvalue weighted by molar-refractivity contribution is -0.117. The molecular weight excluding hydrogens is 140 g/mol. The molecule has 62 valence electrons. The largest absolute Gasteiger partial charge is 0.505 e. The third-order valence-corrected chi connectivity index (χ3v) is 2.05. The second-order valence-corrected chi connectivity index (χ2v) is 2.99. The average Bonchev–Trinajstić information content (AvgIpc) is 2.37. The third kappa shape index (κ3) is 2.74. The molecule has 11 heavy (non-hydrogen) atoms. The Balaban J connectivity index is 2.18. The molecule has 0 saturated heterocycles. The fourth-order valence-electron chi connectivity index (χ4n) is 1.44. The summed E-state index contributed by atoms with van der Waals surface area (Å²) in [4.78, 5) is 10.8. The molecule has 2 heteroatoms. The Bertz CT molecular complexity index is 161. The highest BCUT2D eigenvalue weighted by atomic mass is 16.5. The van der Waals surface area contributed by atoms with Gasteiger partial charge in [0, 0.05) is 12.8 Å². The van der Waals surface area contributed by atoms with Gasteiger partial charge in [-0.05, 0) is 24.8 Å². The van der Waals surface area contributed by atoms with E-state index in [4.69, 9.17) is 4.74 Å². The first-order valence-electron chi connectivity index (χ1n) is 4.02. The fraction of sp³-hybridized carbons (Fsp3) is 0.667. The minimum Gasteiger partial charge on any atom is -0.505 e. The molecule has 0 radical (unpaired) electrons. The number of carbonyl (C=O) groups excluding carboxylic acids is 1. The van der Waals surface area contributed by atoms with Crippen LogP contribution in [0.5, 0.6) is 0 Å². The van der Waals surface area contributed by atoms with Gasteiger partial charge in [-0.2, -0.15) is 0 Å². The molecule has 0 spiro atoms. The van der Waals surface area contributed by atoms with Crippen LogP contribution in [0.1, 0.15) is 25.7 Å². The van der Waals surface area contributed by atoms with Crippen molar-refractivity contribution in [2.24, 2.45) is 5.92 Å². The first kappa shape index (κ1) is 8.31. The van der Waals surface area contributed by atoms with Crippen LogP contribution in [-0.4, -0.2) is 12.9 Å². The second-order valence-electron chi connectivity index (χ2n) is 2.99. The SMILES string of the molecule is CO/C=C\CC1CCC(=O)C1. The van der Waals surface area contributed by atoms with E-state index in [1.54, 1.807) is 13.4 Å². The fourth-order valence-corrected chi connectivity index (χ4v) is 1.44. The molecule has 0 aromatic carbocycles. The van der Waals surface area contributed by atoms with E-state index in [1.807, 2.05) is 6.08 Å². The maximum atomic E-state index is 10.8. The van der Waals surface area contributed by atoms with Gasteiger partial charge in [-0.3, -0.25) is 4.79 Å². The summed E-state index contributed by atoms with van der Waals surface area (Å²) >= 11 is 0. The van der Waals surface area contributed by atoms with Crippen LogP contribution < -0.4 is 0 Å². The molecule has 1 aliphatic rings. The number of Topliss-reactive ketones (excluding diaryl/α,β-unsaturated/α-hetero) is 1. The van der Waals surface area contributed by atoms with E-state index in [9.17, 15) is 4.79 Å². The van der Waals surface area contributed by atoms with Crippen molar-refractivity contribution in [3.8, 4) is 0 Å². The number of allylic oxidation sites excluding steroid dienone is 1. The van der Waals surface area contributed by atoms with Crippen LogP contribution >= 0.6 is 0 Å². The molecule has 0 aromatic heterocycles. The quantitative estimate of drug-likeness (QED) is 0.580. The zero-order valence-electron chi connectivity index (χ0n) is 6.88. The van der Waals surface area contributed by atoms with Crippen molar-refractivity contribution < 1.29 is 9.53 Å². The van der Waals surface area contributed by atoms with Crippen LogP contribution in [0.4, 0.5) is 0 Å². The van der Waals surface area contributed by atoms with Crippen LogP contribution in [-0.2, 0) is 9.53 Å². The Labute approximate surface area is 67.2 Å². The molecule has 2 nitrogen and oxygen atoms in total. The number of hydrogen-bond donors (Lipinski definition) is 0. The van der Waals surface area contributed by atoms with E-state index < -0.39 is 0 Å². The molecule has 1 atom stereocenters. The minimum absolute atomic E-state index is 0.417. The van der Waals surface area contributed by atoms with Crippen molar-refractivity contribution in [3.05, 3.63) is 12.3 Å². The number of ether oxygens (including phenoxy) is 1. The lowest BCUT2D eigenvalue weighted by Gasteiger charge is -2.01. The molecule has 1 fully saturated rings. The Morgan fingerprint density at radius 2 is 2.55 bits per heavy atom. The van der Waals surface area contributed by atoms with Crippen molar-refractivity contribution in [2.45, 2.75) is 25.7 Å². The lowest BCUT2D eigenvalue weighted by atomic mass is 10.0. The van der Waals surface area contributed by atoms with Crippen LogP contribution in [0.3, 0.4) is 0 Å². The van der Waals surface area contributed by atoms with Gasteiger partial charge >= 0.3 is 0 Å². The van der Waals surface area contributed by atoms with Crippen LogP contribution in [0, 0.1) is 5.92 Å². The minimum atomic E-state index is 0.417. The van der Waals surface area contributed by atoms with Gasteiger partial charge < -0.3 is 4.74 Å². The molecule has 0 aromatic rings. The zero-order valence-corrected chi connectivity index (χ0v) is 6.88. The summed E-state index contributed by atoms with van der Waals surface area (Å²) in [5.41, 5.74) is 0. The highest BCUT2D eigenvalue weighted by Gasteiger charge is 2.20. The van der Waals surface area contributed by atoms with Crippen molar-refractivity contribution in [1.82, 2.24) is 0 Å². The van der Waals surface area contributed by atoms with Gasteiger partial charge in [-0.15, -0.1) is 0 Å². The molecule has 0 amide bonds. The summed E-state index contributed by atoms with van der Waals surface area (Å²) in [5, 5.41) is 0. The number of methoxy groups -OCH3 is 1. The second kappa shape index (κ2) is 4.16. The van der Waals surface area contributed by atoms with Gasteiger partial charge in [0.15, 0.2) is 0 Å². The summed E-state index contributed by atoms with van der Waals surface area (Å²) < 4.78 is 4.76. The van der Waals surface area contributed by atoms with E-state index in [0.29, 0.717) is 11.7 Å². The number of carbonyl (C=O) groups is 1. The van der Waals surface area contributed by atoms with Crippen molar-refractivity contribution in [3.63, 3.8) is 0 Å². The molecule has 0 bridgehead atoms. The smallest absolute Gasteiger partial charge is 0.133 e. The molecule has 1 rings (SSSR count). The predicted octanol–water partition coefficient (Wildman–Crippen LogP) is 1.91. The summed E-state index contributed by atoms with van der Waals surface area (Å²) in [7, 11) is 1.64. The predicted molar refractivity (Wildman–Crippen MR) is 43.1 cm³/mol. The summed E-state index contributed by atoms with van der Waals surface area (Å²) in [6.07, 6.45) is 7.28. The Morgan fingerprint density at radius 3 is 3.09 bits per heavy atom. The van der Waals surface area contributed by atoms with E-state index >= 15 is 0 Å². The average molecular weight is 154 g/mol. The Kier molecular flexibility index (Phi) is 3.14. The maximum Gasteiger partial charge on any atom is 0.133 e. The molecule has 0 heterocycles. The van der Waals surface area contributed by atoms with Crippen LogP contribution in [0.15, 0.2) is 12.3 Å². The Hall–Kier alpha value is -0.790. The third-order valence-electron chi connectivity index (χ3n) is 2.05. The molecule has 0 aliphatic heterocycles. The highest BCUT2D eigenvalue weighted by Crippen LogP contribution is 2.24. The summed E-state index contributed by atoms with van der Waals surface area (Å²) in [5.74, 6) is 0.995. The summed E-state index contributed by atoms with van der Waals surface area (Å²) in [6.45, 7) is 0. The highest BCUT2D eigenvalue weighted by molar-refractivity contribution is 5.80. The molecular formula is C9H14O2. The molecule has 1 saturated carbocycles. The molecule has 1 aliphatic carbocycles. The van der Waals surface area contributed by atoms with Crippen molar-refractivity contribution in [2.75, 3.05) is 7.11 Å². The van der Waals surface area contributed by atoms with Crippen LogP contribution in [0.25, 0.3) is 0 Å². The van der Waals surface area contributed by atoms with Gasteiger partial charge in [0.05, 0.1) is 13.4 Å². The molecule has 0 N–H and O–H groups in total. The monoisotopic (exact) mass is 154 g/mol. The number of hydrogen-bond acceptors (Lipinski definition) is 2. The normalized spacial score (nSPS) is 24.8. The van der Waals surface area contributed by atoms with Crippen molar-refractivity contribution >= 4 is 5.78 Å². The first-order valence-corrected chi connectivity index (χ1v) is 4.02. The van der Waals surface area contributed by atoms with Gasteiger partial charge in [0.2, 0.25) is 0 Å². The lowest BCUT2D eigenvalue weighted by Crippen LogP contribution is -1.92. The zero-order chi connectivity index (χ0) is 8.10. The first-order chi connectivity index (χ1) is 5.33. The number of ketones is 1. The summed E-state index contributed by atoms with van der Waals surface area (Å²) in [6, 6.07) is 0. The van der Waals surface area contributed by atoms with E-state index in [1.165, 1.54) is 0 Å². The van der Waals surface area contributed by atoms with Crippen molar-refractivity contribution in [1.29, 1.82) is 0 Å². The topological polar surface area (TPSA) is 26.3 Å². The van der Waals surface area contributed by atoms with Gasteiger partial charge in [-0.1, -0.05) is 0 Å². The Morgan fingerprint density at radius 1 is 1.73 bits per heavy atom. The standard InChI is InChI=1S/C9H14O2/c1-11-6-2-3-8-4-5-9(10)7-8/h2,6,8H,3-5,7H2,1H3/b6-2-.